The molecular weight excluding hydrogens is 545 g/mol. The van der Waals surface area contributed by atoms with Crippen LogP contribution in [0.15, 0.2) is 34.3 Å². The number of nitrogens with zero attached hydrogens (tertiary/aromatic N) is 2. The summed E-state index contributed by atoms with van der Waals surface area (Å²) in [5.74, 6) is 1.83. The molecule has 1 aliphatic carbocycles. The lowest BCUT2D eigenvalue weighted by Crippen LogP contribution is -2.54. The summed E-state index contributed by atoms with van der Waals surface area (Å²) < 4.78 is 66.0. The number of rotatable bonds is 12. The molecule has 0 aromatic heterocycles. The van der Waals surface area contributed by atoms with Crippen LogP contribution in [-0.2, 0) is 30.6 Å². The fourth-order valence-corrected chi connectivity index (χ4v) is 5.97. The van der Waals surface area contributed by atoms with Gasteiger partial charge in [-0.25, -0.2) is 13.1 Å². The lowest BCUT2D eigenvalue weighted by molar-refractivity contribution is -0.138. The molecule has 3 rings (SSSR count). The molecule has 0 spiro atoms. The molecule has 0 bridgehead atoms. The van der Waals surface area contributed by atoms with Gasteiger partial charge in [0.2, 0.25) is 15.9 Å². The monoisotopic (exact) mass is 576 g/mol. The van der Waals surface area contributed by atoms with Gasteiger partial charge in [0.05, 0.1) is 34.5 Å². The molecule has 1 heterocycles. The average Bonchev–Trinajstić information content (AvgIpc) is 3.61. The van der Waals surface area contributed by atoms with Gasteiger partial charge in [-0.1, -0.05) is 0 Å². The fraction of sp³-hybridized carbons (Fsp3) is 0.565. The van der Waals surface area contributed by atoms with Gasteiger partial charge in [-0.3, -0.25) is 19.7 Å². The number of Topliss-reactive ketones (excluding diaryl/α,β-unsaturated/α-hetero) is 1. The zero-order chi connectivity index (χ0) is 29.0. The number of hydrogen-bond donors (Lipinski definition) is 5. The number of sulfonamides is 1. The Kier molecular flexibility index (Phi) is 9.23. The van der Waals surface area contributed by atoms with Crippen LogP contribution < -0.4 is 21.2 Å². The second kappa shape index (κ2) is 11.9. The predicted octanol–water partition coefficient (Wildman–Crippen LogP) is 0.104. The van der Waals surface area contributed by atoms with Crippen LogP contribution in [0.25, 0.3) is 0 Å². The van der Waals surface area contributed by atoms with Gasteiger partial charge in [0, 0.05) is 19.6 Å². The van der Waals surface area contributed by atoms with Crippen LogP contribution in [0.4, 0.5) is 13.2 Å². The third kappa shape index (κ3) is 7.45. The van der Waals surface area contributed by atoms with Gasteiger partial charge in [0.15, 0.2) is 5.78 Å². The summed E-state index contributed by atoms with van der Waals surface area (Å²) in [5, 5.41) is 18.0. The van der Waals surface area contributed by atoms with Gasteiger partial charge in [0.25, 0.3) is 0 Å². The van der Waals surface area contributed by atoms with Crippen molar-refractivity contribution in [3.8, 4) is 0 Å². The number of amides is 1. The van der Waals surface area contributed by atoms with Crippen LogP contribution in [-0.4, -0.2) is 80.2 Å². The van der Waals surface area contributed by atoms with Crippen molar-refractivity contribution in [3.63, 3.8) is 0 Å². The van der Waals surface area contributed by atoms with Crippen molar-refractivity contribution in [2.24, 2.45) is 22.8 Å². The zero-order valence-electron chi connectivity index (χ0n) is 21.1. The summed E-state index contributed by atoms with van der Waals surface area (Å²) in [6, 6.07) is 1.32. The summed E-state index contributed by atoms with van der Waals surface area (Å²) in [5.41, 5.74) is -2.65. The highest BCUT2D eigenvalue weighted by atomic mass is 32.2. The summed E-state index contributed by atoms with van der Waals surface area (Å²) in [7, 11) is -4.41. The molecular formula is C23H31F3N6O6S. The second-order valence-corrected chi connectivity index (χ2v) is 11.4. The molecule has 1 amide bonds. The van der Waals surface area contributed by atoms with Crippen molar-refractivity contribution in [2.75, 3.05) is 26.2 Å². The molecule has 1 aromatic carbocycles. The molecule has 2 fully saturated rings. The fourth-order valence-electron chi connectivity index (χ4n) is 4.76. The Hall–Kier alpha value is -3.24. The molecule has 1 aliphatic heterocycles. The SMILES string of the molecule is C[C@H](NS(=O)(=O)c1ccc(C(F)(F)F)cc1)C(=O)C1(NCC(=O)O)CC1C(=O)NC[C@@H]1CCCN(C=NN)C1. The zero-order valence-corrected chi connectivity index (χ0v) is 21.9. The van der Waals surface area contributed by atoms with Crippen LogP contribution in [0.2, 0.25) is 0 Å². The molecule has 0 radical (unpaired) electrons. The van der Waals surface area contributed by atoms with Crippen LogP contribution >= 0.6 is 0 Å². The average molecular weight is 577 g/mol. The summed E-state index contributed by atoms with van der Waals surface area (Å²) in [6.45, 7) is 2.28. The summed E-state index contributed by atoms with van der Waals surface area (Å²) in [6.07, 6.45) is -1.47. The molecule has 4 atom stereocenters. The molecule has 16 heteroatoms. The van der Waals surface area contributed by atoms with E-state index in [0.29, 0.717) is 25.2 Å². The number of carbonyl (C=O) groups is 3. The van der Waals surface area contributed by atoms with Gasteiger partial charge in [-0.05, 0) is 56.4 Å². The summed E-state index contributed by atoms with van der Waals surface area (Å²) >= 11 is 0. The number of nitrogens with two attached hydrogens (primary N) is 1. The number of likely N-dealkylation sites (tertiary alicyclic amines) is 1. The van der Waals surface area contributed by atoms with Crippen LogP contribution in [0.1, 0.15) is 31.7 Å². The Morgan fingerprint density at radius 1 is 1.28 bits per heavy atom. The number of hydrogen-bond acceptors (Lipinski definition) is 8. The molecule has 1 aromatic rings. The molecule has 2 aliphatic rings. The first-order chi connectivity index (χ1) is 18.2. The number of piperidine rings is 1. The third-order valence-corrected chi connectivity index (χ3v) is 8.39. The highest BCUT2D eigenvalue weighted by Crippen LogP contribution is 2.45. The van der Waals surface area contributed by atoms with E-state index in [1.807, 2.05) is 4.90 Å². The number of carboxylic acid groups (broad SMARTS) is 1. The largest absolute Gasteiger partial charge is 0.480 e. The minimum Gasteiger partial charge on any atom is -0.480 e. The molecule has 1 saturated carbocycles. The van der Waals surface area contributed by atoms with Gasteiger partial charge in [0.1, 0.15) is 6.34 Å². The smallest absolute Gasteiger partial charge is 0.416 e. The van der Waals surface area contributed by atoms with E-state index in [4.69, 9.17) is 10.9 Å². The van der Waals surface area contributed by atoms with E-state index in [0.717, 1.165) is 31.5 Å². The van der Waals surface area contributed by atoms with Crippen LogP contribution in [0.3, 0.4) is 0 Å². The number of benzene rings is 1. The number of nitrogens with one attached hydrogen (secondary N) is 3. The maximum absolute atomic E-state index is 13.3. The van der Waals surface area contributed by atoms with Crippen LogP contribution in [0, 0.1) is 11.8 Å². The first-order valence-electron chi connectivity index (χ1n) is 12.2. The van der Waals surface area contributed by atoms with Crippen molar-refractivity contribution >= 4 is 34.0 Å². The maximum atomic E-state index is 13.3. The number of alkyl halides is 3. The summed E-state index contributed by atoms with van der Waals surface area (Å²) in [4.78, 5) is 38.9. The van der Waals surface area contributed by atoms with Crippen molar-refractivity contribution in [2.45, 2.75) is 48.8 Å². The predicted molar refractivity (Wildman–Crippen MR) is 133 cm³/mol. The Bertz CT molecular complexity index is 1210. The van der Waals surface area contributed by atoms with Gasteiger partial charge < -0.3 is 21.2 Å². The topological polar surface area (TPSA) is 183 Å². The first-order valence-corrected chi connectivity index (χ1v) is 13.6. The first kappa shape index (κ1) is 30.3. The lowest BCUT2D eigenvalue weighted by Gasteiger charge is -2.31. The standard InChI is InChI=1S/C23H31F3N6O6S/c1-14(31-39(37,38)17-6-4-16(5-7-17)23(24,25)26)20(35)22(29-11-19(33)34)9-18(22)21(36)28-10-15-3-2-8-32(12-15)13-30-27/h4-7,13-15,18,29,31H,2-3,8-12,27H2,1H3,(H,28,36)(H,33,34)/t14-,15-,18?,22?/m0/s1. The Balaban J connectivity index is 1.67. The van der Waals surface area contributed by atoms with E-state index in [9.17, 15) is 36.0 Å². The number of aliphatic carboxylic acids is 1. The molecule has 216 valence electrons. The van der Waals surface area contributed by atoms with Gasteiger partial charge in [-0.15, -0.1) is 0 Å². The molecule has 6 N–H and O–H groups in total. The van der Waals surface area contributed by atoms with E-state index in [-0.39, 0.29) is 12.3 Å². The van der Waals surface area contributed by atoms with E-state index in [1.165, 1.54) is 13.3 Å². The second-order valence-electron chi connectivity index (χ2n) is 9.72. The van der Waals surface area contributed by atoms with Gasteiger partial charge >= 0.3 is 12.1 Å². The van der Waals surface area contributed by atoms with E-state index < -0.39 is 68.4 Å². The van der Waals surface area contributed by atoms with E-state index in [2.05, 4.69) is 20.5 Å². The normalized spacial score (nSPS) is 24.4. The van der Waals surface area contributed by atoms with Crippen molar-refractivity contribution in [1.29, 1.82) is 0 Å². The number of halogens is 3. The van der Waals surface area contributed by atoms with Crippen molar-refractivity contribution in [1.82, 2.24) is 20.3 Å². The molecule has 39 heavy (non-hydrogen) atoms. The minimum atomic E-state index is -4.65. The van der Waals surface area contributed by atoms with Crippen molar-refractivity contribution < 1.29 is 41.1 Å². The Labute approximate surface area is 223 Å². The number of ketones is 1. The van der Waals surface area contributed by atoms with Crippen LogP contribution in [0.5, 0.6) is 0 Å². The van der Waals surface area contributed by atoms with Gasteiger partial charge in [-0.2, -0.15) is 18.3 Å². The van der Waals surface area contributed by atoms with E-state index in [1.54, 1.807) is 0 Å². The maximum Gasteiger partial charge on any atom is 0.416 e. The Morgan fingerprint density at radius 3 is 2.54 bits per heavy atom. The number of carboxylic acids is 1. The van der Waals surface area contributed by atoms with E-state index >= 15 is 0 Å². The quantitative estimate of drug-likeness (QED) is 0.0997. The van der Waals surface area contributed by atoms with Crippen molar-refractivity contribution in [3.05, 3.63) is 29.8 Å². The Morgan fingerprint density at radius 2 is 1.95 bits per heavy atom. The lowest BCUT2D eigenvalue weighted by atomic mass is 9.98. The third-order valence-electron chi connectivity index (χ3n) is 6.83. The minimum absolute atomic E-state index is 0.0477. The molecule has 1 saturated heterocycles. The highest BCUT2D eigenvalue weighted by molar-refractivity contribution is 7.89. The molecule has 12 nitrogen and oxygen atoms in total. The molecule has 2 unspecified atom stereocenters. The number of carbonyl (C=O) groups excluding carboxylic acids is 2. The number of hydrazone groups is 1. The highest BCUT2D eigenvalue weighted by Gasteiger charge is 2.64.